The van der Waals surface area contributed by atoms with Crippen LogP contribution in [0.15, 0.2) is 24.3 Å². The third kappa shape index (κ3) is 3.22. The average molecular weight is 270 g/mol. The topological polar surface area (TPSA) is 61.4 Å². The molecule has 0 radical (unpaired) electrons. The van der Waals surface area contributed by atoms with E-state index in [1.807, 2.05) is 0 Å². The number of aliphatic hydroxyl groups excluding tert-OH is 1. The van der Waals surface area contributed by atoms with E-state index in [0.717, 1.165) is 11.6 Å². The van der Waals surface area contributed by atoms with Crippen molar-refractivity contribution in [3.05, 3.63) is 35.6 Å². The fourth-order valence-electron chi connectivity index (χ4n) is 1.74. The maximum Gasteiger partial charge on any atom is 0.238 e. The Morgan fingerprint density at radius 2 is 2.39 bits per heavy atom. The molecule has 1 aromatic rings. The van der Waals surface area contributed by atoms with E-state index in [-0.39, 0.29) is 24.1 Å². The lowest BCUT2D eigenvalue weighted by Crippen LogP contribution is -2.43. The van der Waals surface area contributed by atoms with Crippen LogP contribution in [-0.2, 0) is 4.79 Å². The molecular formula is C12H15FN2O2S. The molecule has 0 bridgehead atoms. The number of carbonyl (C=O) groups excluding carboxylic acids is 1. The summed E-state index contributed by atoms with van der Waals surface area (Å²) in [6.07, 6.45) is -1.02. The minimum absolute atomic E-state index is 0.0165. The molecule has 2 rings (SSSR count). The summed E-state index contributed by atoms with van der Waals surface area (Å²) in [5.41, 5.74) is 0.201. The van der Waals surface area contributed by atoms with Gasteiger partial charge in [-0.05, 0) is 6.07 Å². The number of halogens is 1. The average Bonchev–Trinajstić information content (AvgIpc) is 2.90. The normalized spacial score (nSPS) is 20.7. The third-order valence-electron chi connectivity index (χ3n) is 2.77. The maximum absolute atomic E-state index is 13.4. The Balaban J connectivity index is 1.86. The number of rotatable bonds is 4. The van der Waals surface area contributed by atoms with Gasteiger partial charge in [0.1, 0.15) is 5.82 Å². The van der Waals surface area contributed by atoms with E-state index in [2.05, 4.69) is 10.6 Å². The second kappa shape index (κ2) is 6.17. The molecule has 1 aliphatic rings. The van der Waals surface area contributed by atoms with Gasteiger partial charge in [-0.15, -0.1) is 11.8 Å². The van der Waals surface area contributed by atoms with Gasteiger partial charge >= 0.3 is 0 Å². The van der Waals surface area contributed by atoms with Gasteiger partial charge in [0, 0.05) is 23.7 Å². The standard InChI is InChI=1S/C12H15FN2O2S/c13-9-4-2-1-3-8(9)11(16)5-14-12(17)10-6-18-7-15-10/h1-4,10-11,15-16H,5-7H2,(H,14,17). The summed E-state index contributed by atoms with van der Waals surface area (Å²) in [6.45, 7) is 0.0165. The van der Waals surface area contributed by atoms with Gasteiger partial charge in [-0.2, -0.15) is 0 Å². The molecule has 1 amide bonds. The summed E-state index contributed by atoms with van der Waals surface area (Å²) in [5.74, 6) is 0.861. The van der Waals surface area contributed by atoms with Crippen LogP contribution in [0.25, 0.3) is 0 Å². The van der Waals surface area contributed by atoms with Crippen LogP contribution in [0.5, 0.6) is 0 Å². The summed E-state index contributed by atoms with van der Waals surface area (Å²) in [6, 6.07) is 5.79. The third-order valence-corrected chi connectivity index (χ3v) is 3.71. The van der Waals surface area contributed by atoms with Crippen LogP contribution in [0.1, 0.15) is 11.7 Å². The minimum atomic E-state index is -1.02. The molecule has 0 saturated carbocycles. The van der Waals surface area contributed by atoms with Gasteiger partial charge in [0.2, 0.25) is 5.91 Å². The number of hydrogen-bond acceptors (Lipinski definition) is 4. The van der Waals surface area contributed by atoms with Crippen molar-refractivity contribution in [2.75, 3.05) is 18.2 Å². The quantitative estimate of drug-likeness (QED) is 0.751. The van der Waals surface area contributed by atoms with E-state index in [1.165, 1.54) is 12.1 Å². The van der Waals surface area contributed by atoms with Gasteiger partial charge < -0.3 is 10.4 Å². The van der Waals surface area contributed by atoms with E-state index in [4.69, 9.17) is 0 Å². The lowest BCUT2D eigenvalue weighted by Gasteiger charge is -2.15. The fraction of sp³-hybridized carbons (Fsp3) is 0.417. The van der Waals surface area contributed by atoms with Crippen molar-refractivity contribution >= 4 is 17.7 Å². The Labute approximate surface area is 109 Å². The second-order valence-corrected chi connectivity index (χ2v) is 5.08. The Kier molecular flexibility index (Phi) is 4.57. The van der Waals surface area contributed by atoms with Crippen LogP contribution in [0.2, 0.25) is 0 Å². The molecule has 1 fully saturated rings. The molecule has 0 aromatic heterocycles. The predicted octanol–water partition coefficient (Wildman–Crippen LogP) is 0.638. The molecule has 1 aliphatic heterocycles. The zero-order chi connectivity index (χ0) is 13.0. The summed E-state index contributed by atoms with van der Waals surface area (Å²) in [7, 11) is 0. The number of carbonyl (C=O) groups is 1. The van der Waals surface area contributed by atoms with E-state index >= 15 is 0 Å². The highest BCUT2D eigenvalue weighted by molar-refractivity contribution is 7.99. The second-order valence-electron chi connectivity index (χ2n) is 4.05. The summed E-state index contributed by atoms with van der Waals surface area (Å²) in [5, 5.41) is 15.5. The fourth-order valence-corrected chi connectivity index (χ4v) is 2.68. The first kappa shape index (κ1) is 13.3. The first-order chi connectivity index (χ1) is 8.68. The number of benzene rings is 1. The number of nitrogens with one attached hydrogen (secondary N) is 2. The van der Waals surface area contributed by atoms with E-state index in [9.17, 15) is 14.3 Å². The Morgan fingerprint density at radius 3 is 3.06 bits per heavy atom. The molecule has 2 unspecified atom stereocenters. The molecule has 98 valence electrons. The summed E-state index contributed by atoms with van der Waals surface area (Å²) >= 11 is 1.65. The van der Waals surface area contributed by atoms with Crippen LogP contribution >= 0.6 is 11.8 Å². The van der Waals surface area contributed by atoms with E-state index < -0.39 is 11.9 Å². The molecule has 1 heterocycles. The van der Waals surface area contributed by atoms with Gasteiger partial charge in [0.15, 0.2) is 0 Å². The van der Waals surface area contributed by atoms with Gasteiger partial charge in [-0.25, -0.2) is 4.39 Å². The minimum Gasteiger partial charge on any atom is -0.386 e. The maximum atomic E-state index is 13.4. The number of amides is 1. The largest absolute Gasteiger partial charge is 0.386 e. The van der Waals surface area contributed by atoms with E-state index in [1.54, 1.807) is 23.9 Å². The lowest BCUT2D eigenvalue weighted by molar-refractivity contribution is -0.122. The van der Waals surface area contributed by atoms with Crippen molar-refractivity contribution in [1.82, 2.24) is 10.6 Å². The number of hydrogen-bond donors (Lipinski definition) is 3. The molecule has 6 heteroatoms. The first-order valence-electron chi connectivity index (χ1n) is 5.70. The SMILES string of the molecule is O=C(NCC(O)c1ccccc1F)C1CSCN1. The van der Waals surface area contributed by atoms with Gasteiger partial charge in [0.25, 0.3) is 0 Å². The van der Waals surface area contributed by atoms with Gasteiger partial charge in [-0.1, -0.05) is 18.2 Å². The molecule has 18 heavy (non-hydrogen) atoms. The highest BCUT2D eigenvalue weighted by Gasteiger charge is 2.23. The van der Waals surface area contributed by atoms with Crippen LogP contribution in [0.4, 0.5) is 4.39 Å². The van der Waals surface area contributed by atoms with Gasteiger partial charge in [0.05, 0.1) is 12.1 Å². The predicted molar refractivity (Wildman–Crippen MR) is 68.6 cm³/mol. The molecule has 4 nitrogen and oxygen atoms in total. The zero-order valence-corrected chi connectivity index (χ0v) is 10.5. The molecule has 1 aromatic carbocycles. The summed E-state index contributed by atoms with van der Waals surface area (Å²) in [4.78, 5) is 11.7. The molecule has 1 saturated heterocycles. The van der Waals surface area contributed by atoms with Crippen molar-refractivity contribution in [3.8, 4) is 0 Å². The highest BCUT2D eigenvalue weighted by atomic mass is 32.2. The molecule has 0 spiro atoms. The van der Waals surface area contributed by atoms with Crippen molar-refractivity contribution in [3.63, 3.8) is 0 Å². The monoisotopic (exact) mass is 270 g/mol. The zero-order valence-electron chi connectivity index (χ0n) is 9.73. The van der Waals surface area contributed by atoms with Crippen molar-refractivity contribution < 1.29 is 14.3 Å². The molecular weight excluding hydrogens is 255 g/mol. The highest BCUT2D eigenvalue weighted by Crippen LogP contribution is 2.16. The van der Waals surface area contributed by atoms with Crippen LogP contribution < -0.4 is 10.6 Å². The van der Waals surface area contributed by atoms with Crippen molar-refractivity contribution in [1.29, 1.82) is 0 Å². The molecule has 2 atom stereocenters. The van der Waals surface area contributed by atoms with Crippen molar-refractivity contribution in [2.24, 2.45) is 0 Å². The Hall–Kier alpha value is -1.11. The Morgan fingerprint density at radius 1 is 1.61 bits per heavy atom. The summed E-state index contributed by atoms with van der Waals surface area (Å²) < 4.78 is 13.4. The Bertz CT molecular complexity index is 424. The van der Waals surface area contributed by atoms with Crippen LogP contribution in [0.3, 0.4) is 0 Å². The van der Waals surface area contributed by atoms with Gasteiger partial charge in [-0.3, -0.25) is 10.1 Å². The molecule has 0 aliphatic carbocycles. The van der Waals surface area contributed by atoms with Crippen LogP contribution in [-0.4, -0.2) is 35.2 Å². The van der Waals surface area contributed by atoms with Crippen molar-refractivity contribution in [2.45, 2.75) is 12.1 Å². The number of thioether (sulfide) groups is 1. The van der Waals surface area contributed by atoms with E-state index in [0.29, 0.717) is 0 Å². The smallest absolute Gasteiger partial charge is 0.238 e. The van der Waals surface area contributed by atoms with Crippen LogP contribution in [0, 0.1) is 5.82 Å². The molecule has 3 N–H and O–H groups in total. The first-order valence-corrected chi connectivity index (χ1v) is 6.85. The lowest BCUT2D eigenvalue weighted by atomic mass is 10.1. The number of aliphatic hydroxyl groups is 1.